The summed E-state index contributed by atoms with van der Waals surface area (Å²) in [6.45, 7) is 7.72. The van der Waals surface area contributed by atoms with Crippen LogP contribution in [0.15, 0.2) is 0 Å². The van der Waals surface area contributed by atoms with E-state index >= 15 is 0 Å². The summed E-state index contributed by atoms with van der Waals surface area (Å²) in [6.07, 6.45) is 1.73. The molecule has 0 fully saturated rings. The highest BCUT2D eigenvalue weighted by molar-refractivity contribution is 6.64. The van der Waals surface area contributed by atoms with E-state index in [-0.39, 0.29) is 6.61 Å². The Morgan fingerprint density at radius 3 is 2.25 bits per heavy atom. The van der Waals surface area contributed by atoms with E-state index in [4.69, 9.17) is 14.0 Å². The zero-order valence-electron chi connectivity index (χ0n) is 8.30. The van der Waals surface area contributed by atoms with Crippen molar-refractivity contribution in [3.8, 4) is 0 Å². The molecule has 3 nitrogen and oxygen atoms in total. The number of aliphatic hydroxyl groups is 1. The van der Waals surface area contributed by atoms with Crippen LogP contribution in [-0.2, 0) is 8.85 Å². The van der Waals surface area contributed by atoms with E-state index in [0.717, 1.165) is 13.0 Å². The predicted molar refractivity (Wildman–Crippen MR) is 51.4 cm³/mol. The lowest BCUT2D eigenvalue weighted by Gasteiger charge is -2.22. The van der Waals surface area contributed by atoms with Crippen LogP contribution in [0.2, 0.25) is 13.1 Å². The molecule has 0 atom stereocenters. The van der Waals surface area contributed by atoms with Gasteiger partial charge in [-0.15, -0.1) is 0 Å². The molecule has 1 N–H and O–H groups in total. The quantitative estimate of drug-likeness (QED) is 0.491. The van der Waals surface area contributed by atoms with E-state index in [9.17, 15) is 0 Å². The fourth-order valence-electron chi connectivity index (χ4n) is 0.772. The Labute approximate surface area is 75.9 Å². The molecule has 0 saturated heterocycles. The monoisotopic (exact) mass is 192 g/mol. The lowest BCUT2D eigenvalue weighted by Crippen LogP contribution is -2.35. The smallest absolute Gasteiger partial charge is 0.331 e. The van der Waals surface area contributed by atoms with Crippen molar-refractivity contribution in [2.24, 2.45) is 0 Å². The van der Waals surface area contributed by atoms with Gasteiger partial charge in [0.1, 0.15) is 0 Å². The second-order valence-electron chi connectivity index (χ2n) is 3.17. The second-order valence-corrected chi connectivity index (χ2v) is 6.55. The van der Waals surface area contributed by atoms with Crippen LogP contribution in [0.25, 0.3) is 0 Å². The van der Waals surface area contributed by atoms with Gasteiger partial charge >= 0.3 is 8.56 Å². The largest absolute Gasteiger partial charge is 0.396 e. The fourth-order valence-corrected chi connectivity index (χ4v) is 2.19. The average molecular weight is 192 g/mol. The van der Waals surface area contributed by atoms with Crippen LogP contribution in [0.4, 0.5) is 0 Å². The Balaban J connectivity index is 3.42. The number of rotatable bonds is 7. The molecule has 0 spiro atoms. The highest BCUT2D eigenvalue weighted by Gasteiger charge is 2.23. The summed E-state index contributed by atoms with van der Waals surface area (Å²) in [7, 11) is -1.87. The van der Waals surface area contributed by atoms with Crippen molar-refractivity contribution in [3.63, 3.8) is 0 Å². The molecule has 0 aliphatic rings. The third kappa shape index (κ3) is 6.79. The molecule has 0 bridgehead atoms. The van der Waals surface area contributed by atoms with Gasteiger partial charge in [0, 0.05) is 19.8 Å². The van der Waals surface area contributed by atoms with Gasteiger partial charge in [-0.05, 0) is 25.9 Å². The Hall–Kier alpha value is 0.0969. The van der Waals surface area contributed by atoms with Crippen molar-refractivity contribution in [2.45, 2.75) is 32.9 Å². The van der Waals surface area contributed by atoms with Crippen molar-refractivity contribution < 1.29 is 14.0 Å². The van der Waals surface area contributed by atoms with Crippen LogP contribution in [-0.4, -0.2) is 33.5 Å². The van der Waals surface area contributed by atoms with E-state index in [1.807, 2.05) is 13.1 Å². The third-order valence-corrected chi connectivity index (χ3v) is 3.20. The van der Waals surface area contributed by atoms with Gasteiger partial charge in [0.05, 0.1) is 0 Å². The number of hydrogen-bond donors (Lipinski definition) is 1. The minimum absolute atomic E-state index is 0.193. The van der Waals surface area contributed by atoms with Crippen LogP contribution in [0.5, 0.6) is 0 Å². The van der Waals surface area contributed by atoms with Gasteiger partial charge in [-0.2, -0.15) is 0 Å². The van der Waals surface area contributed by atoms with Crippen molar-refractivity contribution >= 4 is 8.56 Å². The SMILES string of the molecule is CCCO[Si](C)(C)OCCCO. The molecule has 0 aliphatic carbocycles. The third-order valence-electron chi connectivity index (χ3n) is 1.41. The molecule has 0 amide bonds. The molecule has 4 heteroatoms. The highest BCUT2D eigenvalue weighted by atomic mass is 28.4. The van der Waals surface area contributed by atoms with E-state index < -0.39 is 8.56 Å². The fraction of sp³-hybridized carbons (Fsp3) is 1.00. The first-order valence-electron chi connectivity index (χ1n) is 4.51. The first-order chi connectivity index (χ1) is 5.62. The second kappa shape index (κ2) is 6.60. The zero-order valence-corrected chi connectivity index (χ0v) is 9.30. The van der Waals surface area contributed by atoms with Gasteiger partial charge in [0.15, 0.2) is 0 Å². The summed E-state index contributed by atoms with van der Waals surface area (Å²) in [5, 5.41) is 8.53. The van der Waals surface area contributed by atoms with E-state index in [1.54, 1.807) is 0 Å². The van der Waals surface area contributed by atoms with Crippen molar-refractivity contribution in [2.75, 3.05) is 19.8 Å². The minimum atomic E-state index is -1.87. The van der Waals surface area contributed by atoms with Crippen molar-refractivity contribution in [1.82, 2.24) is 0 Å². The van der Waals surface area contributed by atoms with E-state index in [1.165, 1.54) is 0 Å². The molecule has 0 saturated carbocycles. The van der Waals surface area contributed by atoms with Crippen LogP contribution >= 0.6 is 0 Å². The molecule has 0 aliphatic heterocycles. The maximum Gasteiger partial charge on any atom is 0.331 e. The lowest BCUT2D eigenvalue weighted by atomic mass is 10.5. The van der Waals surface area contributed by atoms with Crippen LogP contribution < -0.4 is 0 Å². The van der Waals surface area contributed by atoms with Gasteiger partial charge in [-0.25, -0.2) is 0 Å². The molecule has 0 aromatic carbocycles. The summed E-state index contributed by atoms with van der Waals surface area (Å²) in [6, 6.07) is 0. The zero-order chi connectivity index (χ0) is 9.45. The van der Waals surface area contributed by atoms with Gasteiger partial charge in [0.2, 0.25) is 0 Å². The lowest BCUT2D eigenvalue weighted by molar-refractivity contribution is 0.162. The van der Waals surface area contributed by atoms with Gasteiger partial charge in [-0.3, -0.25) is 0 Å². The van der Waals surface area contributed by atoms with E-state index in [0.29, 0.717) is 13.0 Å². The van der Waals surface area contributed by atoms with Gasteiger partial charge in [0.25, 0.3) is 0 Å². The number of aliphatic hydroxyl groups excluding tert-OH is 1. The Kier molecular flexibility index (Phi) is 6.65. The Bertz CT molecular complexity index is 106. The van der Waals surface area contributed by atoms with Crippen molar-refractivity contribution in [1.29, 1.82) is 0 Å². The highest BCUT2D eigenvalue weighted by Crippen LogP contribution is 2.06. The van der Waals surface area contributed by atoms with Crippen LogP contribution in [0.1, 0.15) is 19.8 Å². The van der Waals surface area contributed by atoms with E-state index in [2.05, 4.69) is 6.92 Å². The van der Waals surface area contributed by atoms with Gasteiger partial charge < -0.3 is 14.0 Å². The van der Waals surface area contributed by atoms with Crippen LogP contribution in [0.3, 0.4) is 0 Å². The maximum atomic E-state index is 8.53. The first kappa shape index (κ1) is 12.1. The molecule has 0 rings (SSSR count). The predicted octanol–water partition coefficient (Wildman–Crippen LogP) is 1.51. The first-order valence-corrected chi connectivity index (χ1v) is 7.33. The Morgan fingerprint density at radius 1 is 1.17 bits per heavy atom. The number of hydrogen-bond acceptors (Lipinski definition) is 3. The topological polar surface area (TPSA) is 38.7 Å². The summed E-state index contributed by atoms with van der Waals surface area (Å²) in [5.74, 6) is 0. The molecule has 74 valence electrons. The molecule has 0 radical (unpaired) electrons. The Morgan fingerprint density at radius 2 is 1.75 bits per heavy atom. The normalized spacial score (nSPS) is 12.0. The maximum absolute atomic E-state index is 8.53. The molecule has 0 aromatic heterocycles. The van der Waals surface area contributed by atoms with Gasteiger partial charge in [-0.1, -0.05) is 6.92 Å². The van der Waals surface area contributed by atoms with Crippen LogP contribution in [0, 0.1) is 0 Å². The standard InChI is InChI=1S/C8H20O3Si/c1-4-7-10-12(2,3)11-8-5-6-9/h9H,4-8H2,1-3H3. The summed E-state index contributed by atoms with van der Waals surface area (Å²) in [5.41, 5.74) is 0. The molecule has 12 heavy (non-hydrogen) atoms. The average Bonchev–Trinajstić information content (AvgIpc) is 2.01. The minimum Gasteiger partial charge on any atom is -0.396 e. The summed E-state index contributed by atoms with van der Waals surface area (Å²) >= 11 is 0. The molecular formula is C8H20O3Si. The van der Waals surface area contributed by atoms with Crippen molar-refractivity contribution in [3.05, 3.63) is 0 Å². The summed E-state index contributed by atoms with van der Waals surface area (Å²) < 4.78 is 11.1. The molecular weight excluding hydrogens is 172 g/mol. The summed E-state index contributed by atoms with van der Waals surface area (Å²) in [4.78, 5) is 0. The molecule has 0 unspecified atom stereocenters. The molecule has 0 heterocycles. The molecule has 0 aromatic rings.